The van der Waals surface area contributed by atoms with Crippen LogP contribution in [0, 0.1) is 0 Å². The molecule has 0 radical (unpaired) electrons. The number of carbonyl (C=O) groups excluding carboxylic acids is 2. The van der Waals surface area contributed by atoms with Crippen LogP contribution in [0.1, 0.15) is 22.7 Å². The molecular weight excluding hydrogens is 436 g/mol. The Hall–Kier alpha value is -4.33. The molecule has 1 saturated heterocycles. The van der Waals surface area contributed by atoms with E-state index in [-0.39, 0.29) is 17.9 Å². The van der Waals surface area contributed by atoms with Crippen molar-refractivity contribution in [3.63, 3.8) is 0 Å². The third kappa shape index (κ3) is 4.17. The molecule has 8 nitrogen and oxygen atoms in total. The van der Waals surface area contributed by atoms with E-state index in [1.165, 1.54) is 26.2 Å². The van der Waals surface area contributed by atoms with Gasteiger partial charge in [-0.2, -0.15) is 0 Å². The number of Topliss-reactive ketones (excluding diaryl/α,β-unsaturated/α-hetero) is 1. The first-order chi connectivity index (χ1) is 16.5. The Morgan fingerprint density at radius 2 is 1.59 bits per heavy atom. The van der Waals surface area contributed by atoms with Gasteiger partial charge in [-0.1, -0.05) is 6.07 Å². The van der Waals surface area contributed by atoms with E-state index in [9.17, 15) is 14.7 Å². The fourth-order valence-corrected chi connectivity index (χ4v) is 4.00. The molecule has 2 aromatic carbocycles. The lowest BCUT2D eigenvalue weighted by atomic mass is 9.94. The number of aliphatic hydroxyl groups excluding tert-OH is 1. The molecule has 34 heavy (non-hydrogen) atoms. The number of amides is 1. The molecule has 1 atom stereocenters. The molecule has 1 amide bonds. The Kier molecular flexibility index (Phi) is 6.49. The molecule has 0 spiro atoms. The van der Waals surface area contributed by atoms with Gasteiger partial charge in [0.15, 0.2) is 11.5 Å². The summed E-state index contributed by atoms with van der Waals surface area (Å²) in [6.07, 6.45) is 3.24. The molecule has 0 unspecified atom stereocenters. The van der Waals surface area contributed by atoms with Crippen LogP contribution in [0.25, 0.3) is 5.76 Å². The van der Waals surface area contributed by atoms with Crippen molar-refractivity contribution >= 4 is 17.4 Å². The number of pyridine rings is 1. The van der Waals surface area contributed by atoms with Crippen LogP contribution in [0.15, 0.2) is 72.6 Å². The van der Waals surface area contributed by atoms with Gasteiger partial charge in [0.2, 0.25) is 0 Å². The number of aromatic nitrogens is 1. The van der Waals surface area contributed by atoms with E-state index >= 15 is 0 Å². The maximum atomic E-state index is 13.2. The number of carbonyl (C=O) groups is 2. The molecule has 1 aliphatic heterocycles. The fourth-order valence-electron chi connectivity index (χ4n) is 4.00. The van der Waals surface area contributed by atoms with Gasteiger partial charge >= 0.3 is 0 Å². The molecule has 1 N–H and O–H groups in total. The largest absolute Gasteiger partial charge is 0.507 e. The molecule has 1 aromatic heterocycles. The van der Waals surface area contributed by atoms with Crippen molar-refractivity contribution < 1.29 is 28.9 Å². The van der Waals surface area contributed by atoms with Crippen molar-refractivity contribution in [2.75, 3.05) is 21.3 Å². The number of rotatable bonds is 7. The highest BCUT2D eigenvalue weighted by Crippen LogP contribution is 2.42. The number of ketones is 1. The van der Waals surface area contributed by atoms with Gasteiger partial charge in [0, 0.05) is 24.5 Å². The van der Waals surface area contributed by atoms with Crippen molar-refractivity contribution in [2.24, 2.45) is 0 Å². The molecule has 0 saturated carbocycles. The summed E-state index contributed by atoms with van der Waals surface area (Å²) in [4.78, 5) is 31.8. The molecule has 0 bridgehead atoms. The Morgan fingerprint density at radius 3 is 2.21 bits per heavy atom. The van der Waals surface area contributed by atoms with E-state index in [1.807, 2.05) is 0 Å². The average molecular weight is 460 g/mol. The molecule has 1 fully saturated rings. The summed E-state index contributed by atoms with van der Waals surface area (Å²) in [6, 6.07) is 14.5. The SMILES string of the molecule is COc1ccc(C(O)=C2C(=O)C(=O)N(Cc3ccncc3)[C@@H]2c2ccc(OC)c(OC)c2)cc1. The molecule has 2 heterocycles. The maximum absolute atomic E-state index is 13.2. The summed E-state index contributed by atoms with van der Waals surface area (Å²) in [6.45, 7) is 0.158. The number of hydrogen-bond acceptors (Lipinski definition) is 7. The van der Waals surface area contributed by atoms with Gasteiger partial charge in [-0.3, -0.25) is 14.6 Å². The van der Waals surface area contributed by atoms with Crippen LogP contribution >= 0.6 is 0 Å². The number of benzene rings is 2. The van der Waals surface area contributed by atoms with Crippen LogP contribution in [0.4, 0.5) is 0 Å². The van der Waals surface area contributed by atoms with E-state index in [4.69, 9.17) is 14.2 Å². The predicted octanol–water partition coefficient (Wildman–Crippen LogP) is 3.73. The first-order valence-electron chi connectivity index (χ1n) is 10.5. The van der Waals surface area contributed by atoms with E-state index in [0.29, 0.717) is 28.4 Å². The normalized spacial score (nSPS) is 17.0. The summed E-state index contributed by atoms with van der Waals surface area (Å²) in [5.74, 6) is -0.176. The molecule has 3 aromatic rings. The first-order valence-corrected chi connectivity index (χ1v) is 10.5. The Balaban J connectivity index is 1.87. The zero-order chi connectivity index (χ0) is 24.2. The second kappa shape index (κ2) is 9.66. The Bertz CT molecular complexity index is 1240. The third-order valence-corrected chi connectivity index (χ3v) is 5.73. The second-order valence-electron chi connectivity index (χ2n) is 7.63. The maximum Gasteiger partial charge on any atom is 0.295 e. The van der Waals surface area contributed by atoms with E-state index in [0.717, 1.165) is 5.56 Å². The van der Waals surface area contributed by atoms with Crippen LogP contribution in [-0.4, -0.2) is 48.0 Å². The highest BCUT2D eigenvalue weighted by Gasteiger charge is 2.46. The van der Waals surface area contributed by atoms with Gasteiger partial charge in [-0.05, 0) is 59.7 Å². The van der Waals surface area contributed by atoms with Gasteiger partial charge in [0.1, 0.15) is 11.5 Å². The number of hydrogen-bond donors (Lipinski definition) is 1. The average Bonchev–Trinajstić information content (AvgIpc) is 3.13. The summed E-state index contributed by atoms with van der Waals surface area (Å²) in [5, 5.41) is 11.2. The van der Waals surface area contributed by atoms with E-state index in [1.54, 1.807) is 67.0 Å². The molecule has 4 rings (SSSR count). The van der Waals surface area contributed by atoms with Crippen LogP contribution in [0.2, 0.25) is 0 Å². The summed E-state index contributed by atoms with van der Waals surface area (Å²) >= 11 is 0. The van der Waals surface area contributed by atoms with Gasteiger partial charge < -0.3 is 24.2 Å². The molecule has 1 aliphatic rings. The van der Waals surface area contributed by atoms with Crippen molar-refractivity contribution in [1.82, 2.24) is 9.88 Å². The number of likely N-dealkylation sites (tertiary alicyclic amines) is 1. The van der Waals surface area contributed by atoms with E-state index < -0.39 is 17.7 Å². The summed E-state index contributed by atoms with van der Waals surface area (Å²) in [5.41, 5.74) is 1.79. The standard InChI is InChI=1S/C26H24N2O6/c1-32-19-7-4-17(5-8-19)24(29)22-23(18-6-9-20(33-2)21(14-18)34-3)28(26(31)25(22)30)15-16-10-12-27-13-11-16/h4-14,23,29H,15H2,1-3H3/t23-/m1/s1. The van der Waals surface area contributed by atoms with Crippen LogP contribution < -0.4 is 14.2 Å². The van der Waals surface area contributed by atoms with Crippen LogP contribution in [0.5, 0.6) is 17.2 Å². The van der Waals surface area contributed by atoms with E-state index in [2.05, 4.69) is 4.98 Å². The van der Waals surface area contributed by atoms with Crippen molar-refractivity contribution in [1.29, 1.82) is 0 Å². The lowest BCUT2D eigenvalue weighted by Gasteiger charge is -2.26. The molecule has 174 valence electrons. The lowest BCUT2D eigenvalue weighted by Crippen LogP contribution is -2.29. The minimum absolute atomic E-state index is 0.00329. The van der Waals surface area contributed by atoms with Gasteiger partial charge in [-0.15, -0.1) is 0 Å². The number of ether oxygens (including phenoxy) is 3. The first kappa shape index (κ1) is 22.8. The van der Waals surface area contributed by atoms with Gasteiger partial charge in [0.05, 0.1) is 32.9 Å². The summed E-state index contributed by atoms with van der Waals surface area (Å²) in [7, 11) is 4.57. The molecular formula is C26H24N2O6. The van der Waals surface area contributed by atoms with Crippen molar-refractivity contribution in [2.45, 2.75) is 12.6 Å². The minimum Gasteiger partial charge on any atom is -0.507 e. The van der Waals surface area contributed by atoms with Crippen molar-refractivity contribution in [3.05, 3.63) is 89.3 Å². The Morgan fingerprint density at radius 1 is 0.912 bits per heavy atom. The highest BCUT2D eigenvalue weighted by atomic mass is 16.5. The number of aliphatic hydroxyl groups is 1. The highest BCUT2D eigenvalue weighted by molar-refractivity contribution is 6.46. The second-order valence-corrected chi connectivity index (χ2v) is 7.63. The fraction of sp³-hybridized carbons (Fsp3) is 0.192. The van der Waals surface area contributed by atoms with Crippen LogP contribution in [-0.2, 0) is 16.1 Å². The Labute approximate surface area is 197 Å². The number of methoxy groups -OCH3 is 3. The third-order valence-electron chi connectivity index (χ3n) is 5.73. The predicted molar refractivity (Wildman–Crippen MR) is 125 cm³/mol. The van der Waals surface area contributed by atoms with Gasteiger partial charge in [-0.25, -0.2) is 0 Å². The lowest BCUT2D eigenvalue weighted by molar-refractivity contribution is -0.140. The molecule has 8 heteroatoms. The topological polar surface area (TPSA) is 98.2 Å². The monoisotopic (exact) mass is 460 g/mol. The smallest absolute Gasteiger partial charge is 0.295 e. The zero-order valence-electron chi connectivity index (χ0n) is 19.0. The summed E-state index contributed by atoms with van der Waals surface area (Å²) < 4.78 is 15.9. The zero-order valence-corrected chi connectivity index (χ0v) is 19.0. The van der Waals surface area contributed by atoms with Crippen molar-refractivity contribution in [3.8, 4) is 17.2 Å². The number of nitrogens with zero attached hydrogens (tertiary/aromatic N) is 2. The van der Waals surface area contributed by atoms with Crippen LogP contribution in [0.3, 0.4) is 0 Å². The molecule has 0 aliphatic carbocycles. The quantitative estimate of drug-likeness (QED) is 0.326. The minimum atomic E-state index is -0.838. The van der Waals surface area contributed by atoms with Gasteiger partial charge in [0.25, 0.3) is 11.7 Å².